The van der Waals surface area contributed by atoms with Crippen LogP contribution in [0, 0.1) is 6.92 Å². The molecular weight excluding hydrogens is 252 g/mol. The summed E-state index contributed by atoms with van der Waals surface area (Å²) in [7, 11) is 0. The molecule has 0 saturated heterocycles. The number of hydrogen-bond donors (Lipinski definition) is 3. The number of nitrogens with two attached hydrogens (primary N) is 1. The summed E-state index contributed by atoms with van der Waals surface area (Å²) in [4.78, 5) is 8.04. The average Bonchev–Trinajstić information content (AvgIpc) is 2.72. The highest BCUT2D eigenvalue weighted by Crippen LogP contribution is 2.32. The van der Waals surface area contributed by atoms with Crippen LogP contribution in [-0.4, -0.2) is 27.2 Å². The van der Waals surface area contributed by atoms with Crippen LogP contribution in [0.3, 0.4) is 0 Å². The van der Waals surface area contributed by atoms with Gasteiger partial charge in [-0.3, -0.25) is 0 Å². The lowest BCUT2D eigenvalue weighted by molar-refractivity contribution is 0.0424. The van der Waals surface area contributed by atoms with E-state index in [1.807, 2.05) is 0 Å². The zero-order chi connectivity index (χ0) is 13.2. The van der Waals surface area contributed by atoms with Crippen LogP contribution in [0.2, 0.25) is 5.02 Å². The zero-order valence-electron chi connectivity index (χ0n) is 10.5. The fourth-order valence-electron chi connectivity index (χ4n) is 2.39. The number of aromatic nitrogens is 2. The second kappa shape index (κ2) is 5.28. The molecular formula is C12H19ClN4O. The number of halogens is 1. The van der Waals surface area contributed by atoms with Gasteiger partial charge in [-0.15, -0.1) is 0 Å². The lowest BCUT2D eigenvalue weighted by Crippen LogP contribution is -2.27. The molecule has 1 aliphatic rings. The molecule has 1 aromatic heterocycles. The van der Waals surface area contributed by atoms with Gasteiger partial charge < -0.3 is 16.2 Å². The lowest BCUT2D eigenvalue weighted by Gasteiger charge is -2.22. The molecule has 0 amide bonds. The fraction of sp³-hybridized carbons (Fsp3) is 0.667. The van der Waals surface area contributed by atoms with E-state index in [9.17, 15) is 5.11 Å². The Bertz CT molecular complexity index is 432. The van der Waals surface area contributed by atoms with E-state index in [1.165, 1.54) is 0 Å². The van der Waals surface area contributed by atoms with Crippen molar-refractivity contribution in [3.05, 3.63) is 10.7 Å². The Labute approximate surface area is 112 Å². The largest absolute Gasteiger partial charge is 0.390 e. The van der Waals surface area contributed by atoms with Crippen molar-refractivity contribution >= 4 is 23.4 Å². The van der Waals surface area contributed by atoms with E-state index < -0.39 is 5.60 Å². The normalized spacial score (nSPS) is 17.9. The minimum Gasteiger partial charge on any atom is -0.390 e. The van der Waals surface area contributed by atoms with Crippen LogP contribution < -0.4 is 11.1 Å². The van der Waals surface area contributed by atoms with Gasteiger partial charge in [-0.1, -0.05) is 24.4 Å². The molecule has 5 nitrogen and oxygen atoms in total. The smallest absolute Gasteiger partial charge is 0.222 e. The lowest BCUT2D eigenvalue weighted by atomic mass is 9.98. The molecule has 0 atom stereocenters. The van der Waals surface area contributed by atoms with Crippen LogP contribution in [0.25, 0.3) is 0 Å². The predicted octanol–water partition coefficient (Wildman–Crippen LogP) is 2.13. The van der Waals surface area contributed by atoms with E-state index in [-0.39, 0.29) is 5.95 Å². The molecule has 100 valence electrons. The van der Waals surface area contributed by atoms with E-state index in [0.29, 0.717) is 29.5 Å². The number of nitrogens with one attached hydrogen (secondary N) is 1. The van der Waals surface area contributed by atoms with E-state index in [2.05, 4.69) is 15.3 Å². The van der Waals surface area contributed by atoms with Gasteiger partial charge in [0, 0.05) is 6.54 Å². The summed E-state index contributed by atoms with van der Waals surface area (Å²) in [6.07, 6.45) is 4.68. The number of nitrogens with zero attached hydrogens (tertiary/aromatic N) is 2. The van der Waals surface area contributed by atoms with Gasteiger partial charge in [0.2, 0.25) is 5.95 Å². The molecule has 0 bridgehead atoms. The average molecular weight is 271 g/mol. The Kier molecular flexibility index (Phi) is 3.92. The van der Waals surface area contributed by atoms with Gasteiger partial charge in [0.15, 0.2) is 5.82 Å². The summed E-state index contributed by atoms with van der Waals surface area (Å²) >= 11 is 6.09. The number of hydrogen-bond acceptors (Lipinski definition) is 5. The highest BCUT2D eigenvalue weighted by atomic mass is 35.5. The number of rotatable bonds is 4. The highest BCUT2D eigenvalue weighted by molar-refractivity contribution is 6.33. The highest BCUT2D eigenvalue weighted by Gasteiger charge is 2.30. The zero-order valence-corrected chi connectivity index (χ0v) is 11.3. The second-order valence-corrected chi connectivity index (χ2v) is 5.32. The Morgan fingerprint density at radius 3 is 2.72 bits per heavy atom. The standard InChI is InChI=1S/C12H19ClN4O/c1-8-9(13)10(17-11(14)16-8)15-7-6-12(18)4-2-3-5-12/h18H,2-7H2,1H3,(H3,14,15,16,17). The van der Waals surface area contributed by atoms with Crippen molar-refractivity contribution in [2.24, 2.45) is 0 Å². The molecule has 4 N–H and O–H groups in total. The third-order valence-corrected chi connectivity index (χ3v) is 3.90. The van der Waals surface area contributed by atoms with Gasteiger partial charge in [-0.2, -0.15) is 4.98 Å². The van der Waals surface area contributed by atoms with E-state index in [1.54, 1.807) is 6.92 Å². The van der Waals surface area contributed by atoms with Gasteiger partial charge in [-0.25, -0.2) is 4.98 Å². The van der Waals surface area contributed by atoms with Crippen molar-refractivity contribution in [3.63, 3.8) is 0 Å². The van der Waals surface area contributed by atoms with Gasteiger partial charge in [0.25, 0.3) is 0 Å². The van der Waals surface area contributed by atoms with Crippen LogP contribution in [-0.2, 0) is 0 Å². The quantitative estimate of drug-likeness (QED) is 0.781. The molecule has 18 heavy (non-hydrogen) atoms. The van der Waals surface area contributed by atoms with Crippen molar-refractivity contribution in [1.29, 1.82) is 0 Å². The summed E-state index contributed by atoms with van der Waals surface area (Å²) < 4.78 is 0. The van der Waals surface area contributed by atoms with Gasteiger partial charge in [-0.05, 0) is 26.2 Å². The van der Waals surface area contributed by atoms with Gasteiger partial charge in [0.1, 0.15) is 5.02 Å². The molecule has 0 aromatic carbocycles. The first kappa shape index (κ1) is 13.4. The molecule has 6 heteroatoms. The maximum absolute atomic E-state index is 10.2. The summed E-state index contributed by atoms with van der Waals surface area (Å²) in [5.41, 5.74) is 5.72. The van der Waals surface area contributed by atoms with Crippen LogP contribution in [0.15, 0.2) is 0 Å². The van der Waals surface area contributed by atoms with Gasteiger partial charge >= 0.3 is 0 Å². The minimum atomic E-state index is -0.521. The maximum atomic E-state index is 10.2. The van der Waals surface area contributed by atoms with Crippen LogP contribution in [0.5, 0.6) is 0 Å². The first-order valence-corrected chi connectivity index (χ1v) is 6.64. The minimum absolute atomic E-state index is 0.207. The SMILES string of the molecule is Cc1nc(N)nc(NCCC2(O)CCCC2)c1Cl. The molecule has 2 rings (SSSR count). The molecule has 1 heterocycles. The third-order valence-electron chi connectivity index (χ3n) is 3.45. The van der Waals surface area contributed by atoms with Gasteiger partial charge in [0.05, 0.1) is 11.3 Å². The molecule has 1 fully saturated rings. The third kappa shape index (κ3) is 3.03. The maximum Gasteiger partial charge on any atom is 0.222 e. The van der Waals surface area contributed by atoms with Crippen molar-refractivity contribution in [3.8, 4) is 0 Å². The van der Waals surface area contributed by atoms with Crippen molar-refractivity contribution in [1.82, 2.24) is 9.97 Å². The molecule has 0 aliphatic heterocycles. The molecule has 0 radical (unpaired) electrons. The molecule has 0 unspecified atom stereocenters. The summed E-state index contributed by atoms with van der Waals surface area (Å²) in [6, 6.07) is 0. The Balaban J connectivity index is 1.94. The molecule has 1 saturated carbocycles. The van der Waals surface area contributed by atoms with Crippen molar-refractivity contribution in [2.45, 2.75) is 44.6 Å². The Hall–Kier alpha value is -1.07. The fourth-order valence-corrected chi connectivity index (χ4v) is 2.55. The topological polar surface area (TPSA) is 84.1 Å². The summed E-state index contributed by atoms with van der Waals surface area (Å²) in [6.45, 7) is 2.42. The van der Waals surface area contributed by atoms with Crippen molar-refractivity contribution in [2.75, 3.05) is 17.6 Å². The number of aryl methyl sites for hydroxylation is 1. The molecule has 0 spiro atoms. The second-order valence-electron chi connectivity index (χ2n) is 4.94. The summed E-state index contributed by atoms with van der Waals surface area (Å²) in [5.74, 6) is 0.752. The Morgan fingerprint density at radius 2 is 2.06 bits per heavy atom. The van der Waals surface area contributed by atoms with E-state index >= 15 is 0 Å². The monoisotopic (exact) mass is 270 g/mol. The number of aliphatic hydroxyl groups is 1. The van der Waals surface area contributed by atoms with Crippen LogP contribution in [0.1, 0.15) is 37.8 Å². The number of nitrogen functional groups attached to an aromatic ring is 1. The van der Waals surface area contributed by atoms with Crippen LogP contribution in [0.4, 0.5) is 11.8 Å². The summed E-state index contributed by atoms with van der Waals surface area (Å²) in [5, 5.41) is 13.8. The van der Waals surface area contributed by atoms with Crippen molar-refractivity contribution < 1.29 is 5.11 Å². The van der Waals surface area contributed by atoms with E-state index in [0.717, 1.165) is 25.7 Å². The van der Waals surface area contributed by atoms with E-state index in [4.69, 9.17) is 17.3 Å². The molecule has 1 aromatic rings. The predicted molar refractivity (Wildman–Crippen MR) is 72.7 cm³/mol. The molecule has 1 aliphatic carbocycles. The Morgan fingerprint density at radius 1 is 1.39 bits per heavy atom. The first-order chi connectivity index (χ1) is 8.50. The number of anilines is 2. The first-order valence-electron chi connectivity index (χ1n) is 6.26. The van der Waals surface area contributed by atoms with Crippen LogP contribution >= 0.6 is 11.6 Å².